The normalized spacial score (nSPS) is 10.5. The van der Waals surface area contributed by atoms with E-state index in [2.05, 4.69) is 15.3 Å². The van der Waals surface area contributed by atoms with Crippen molar-refractivity contribution in [2.45, 2.75) is 0 Å². The number of hydrogen-bond donors (Lipinski definition) is 3. The summed E-state index contributed by atoms with van der Waals surface area (Å²) in [5.41, 5.74) is 1.31. The number of nitrogens with one attached hydrogen (secondary N) is 2. The van der Waals surface area contributed by atoms with Crippen LogP contribution in [0.5, 0.6) is 5.75 Å². The molecule has 19 heavy (non-hydrogen) atoms. The van der Waals surface area contributed by atoms with E-state index in [0.717, 1.165) is 10.9 Å². The Morgan fingerprint density at radius 2 is 2.05 bits per heavy atom. The number of fused-ring (bicyclic) bond motifs is 1. The topological polar surface area (TPSA) is 78.0 Å². The number of anilines is 1. The number of carbonyl (C=O) groups is 1. The van der Waals surface area contributed by atoms with Crippen molar-refractivity contribution in [3.8, 4) is 5.75 Å². The molecule has 0 radical (unpaired) electrons. The van der Waals surface area contributed by atoms with Gasteiger partial charge in [0.2, 0.25) is 0 Å². The highest BCUT2D eigenvalue weighted by Gasteiger charge is 2.11. The van der Waals surface area contributed by atoms with E-state index >= 15 is 0 Å². The maximum Gasteiger partial charge on any atom is 0.273 e. The van der Waals surface area contributed by atoms with Crippen LogP contribution < -0.4 is 5.32 Å². The number of nitrogens with zero attached hydrogens (tertiary/aromatic N) is 1. The largest absolute Gasteiger partial charge is 0.504 e. The van der Waals surface area contributed by atoms with E-state index in [1.165, 1.54) is 12.3 Å². The maximum atomic E-state index is 12.0. The predicted molar refractivity (Wildman–Crippen MR) is 72.2 cm³/mol. The zero-order chi connectivity index (χ0) is 13.2. The standard InChI is InChI=1S/C14H11N3O2/c18-12-6-3-7-15-13(12)17-14(19)11-8-9-4-1-2-5-10(9)16-11/h1-8,16,18H,(H,15,17,19). The minimum atomic E-state index is -0.342. The van der Waals surface area contributed by atoms with Gasteiger partial charge in [-0.1, -0.05) is 18.2 Å². The minimum absolute atomic E-state index is 0.0630. The number of aromatic hydroxyl groups is 1. The van der Waals surface area contributed by atoms with Gasteiger partial charge in [0.25, 0.3) is 5.91 Å². The maximum absolute atomic E-state index is 12.0. The fourth-order valence-electron chi connectivity index (χ4n) is 1.86. The molecule has 3 rings (SSSR count). The van der Waals surface area contributed by atoms with Crippen molar-refractivity contribution >= 4 is 22.6 Å². The number of amides is 1. The smallest absolute Gasteiger partial charge is 0.273 e. The Hall–Kier alpha value is -2.82. The Morgan fingerprint density at radius 1 is 1.21 bits per heavy atom. The Labute approximate surface area is 108 Å². The molecule has 0 aliphatic rings. The highest BCUT2D eigenvalue weighted by Crippen LogP contribution is 2.20. The van der Waals surface area contributed by atoms with Crippen LogP contribution in [0.4, 0.5) is 5.82 Å². The van der Waals surface area contributed by atoms with Gasteiger partial charge < -0.3 is 15.4 Å². The molecule has 0 fully saturated rings. The number of aromatic nitrogens is 2. The summed E-state index contributed by atoms with van der Waals surface area (Å²) in [6.45, 7) is 0. The highest BCUT2D eigenvalue weighted by molar-refractivity contribution is 6.05. The van der Waals surface area contributed by atoms with Crippen molar-refractivity contribution in [1.82, 2.24) is 9.97 Å². The molecule has 0 aliphatic heterocycles. The van der Waals surface area contributed by atoms with Crippen LogP contribution in [-0.4, -0.2) is 21.0 Å². The van der Waals surface area contributed by atoms with E-state index < -0.39 is 0 Å². The number of aromatic amines is 1. The van der Waals surface area contributed by atoms with E-state index in [1.54, 1.807) is 12.1 Å². The fourth-order valence-corrected chi connectivity index (χ4v) is 1.86. The van der Waals surface area contributed by atoms with Gasteiger partial charge in [0.05, 0.1) is 0 Å². The molecule has 5 nitrogen and oxygen atoms in total. The van der Waals surface area contributed by atoms with Crippen LogP contribution in [0.2, 0.25) is 0 Å². The van der Waals surface area contributed by atoms with E-state index in [-0.39, 0.29) is 17.5 Å². The quantitative estimate of drug-likeness (QED) is 0.656. The Balaban J connectivity index is 1.90. The first kappa shape index (κ1) is 11.3. The molecule has 3 N–H and O–H groups in total. The van der Waals surface area contributed by atoms with Gasteiger partial charge in [0.15, 0.2) is 11.6 Å². The molecule has 0 saturated heterocycles. The van der Waals surface area contributed by atoms with Crippen molar-refractivity contribution < 1.29 is 9.90 Å². The summed E-state index contributed by atoms with van der Waals surface area (Å²) < 4.78 is 0. The van der Waals surface area contributed by atoms with Gasteiger partial charge >= 0.3 is 0 Å². The molecule has 1 amide bonds. The van der Waals surface area contributed by atoms with Crippen LogP contribution in [0.15, 0.2) is 48.7 Å². The molecule has 3 aromatic rings. The number of benzene rings is 1. The summed E-state index contributed by atoms with van der Waals surface area (Å²) in [5, 5.41) is 13.1. The second-order valence-electron chi connectivity index (χ2n) is 4.10. The zero-order valence-corrected chi connectivity index (χ0v) is 9.92. The third-order valence-electron chi connectivity index (χ3n) is 2.79. The van der Waals surface area contributed by atoms with Crippen molar-refractivity contribution in [3.05, 3.63) is 54.4 Å². The summed E-state index contributed by atoms with van der Waals surface area (Å²) >= 11 is 0. The monoisotopic (exact) mass is 253 g/mol. The first-order valence-electron chi connectivity index (χ1n) is 5.77. The van der Waals surface area contributed by atoms with E-state index in [4.69, 9.17) is 0 Å². The molecule has 0 bridgehead atoms. The molecule has 1 aromatic carbocycles. The van der Waals surface area contributed by atoms with E-state index in [0.29, 0.717) is 5.69 Å². The molecule has 0 spiro atoms. The molecule has 0 saturated carbocycles. The second kappa shape index (κ2) is 4.45. The number of pyridine rings is 1. The molecule has 0 atom stereocenters. The average molecular weight is 253 g/mol. The first-order valence-corrected chi connectivity index (χ1v) is 5.77. The van der Waals surface area contributed by atoms with Crippen molar-refractivity contribution in [2.24, 2.45) is 0 Å². The number of carbonyl (C=O) groups excluding carboxylic acids is 1. The van der Waals surface area contributed by atoms with Gasteiger partial charge in [-0.25, -0.2) is 4.98 Å². The lowest BCUT2D eigenvalue weighted by molar-refractivity contribution is 0.102. The van der Waals surface area contributed by atoms with Crippen molar-refractivity contribution in [1.29, 1.82) is 0 Å². The molecular weight excluding hydrogens is 242 g/mol. The number of para-hydroxylation sites is 1. The van der Waals surface area contributed by atoms with Gasteiger partial charge in [0.1, 0.15) is 5.69 Å². The van der Waals surface area contributed by atoms with Gasteiger partial charge in [-0.3, -0.25) is 4.79 Å². The van der Waals surface area contributed by atoms with Gasteiger partial charge in [0, 0.05) is 17.1 Å². The molecule has 0 aliphatic carbocycles. The zero-order valence-electron chi connectivity index (χ0n) is 9.92. The number of H-pyrrole nitrogens is 1. The molecule has 2 aromatic heterocycles. The lowest BCUT2D eigenvalue weighted by atomic mass is 10.2. The molecule has 5 heteroatoms. The van der Waals surface area contributed by atoms with Gasteiger partial charge in [-0.05, 0) is 24.3 Å². The lowest BCUT2D eigenvalue weighted by Crippen LogP contribution is -2.13. The SMILES string of the molecule is O=C(Nc1ncccc1O)c1cc2ccccc2[nH]1. The summed E-state index contributed by atoms with van der Waals surface area (Å²) in [6, 6.07) is 12.4. The Bertz CT molecular complexity index is 716. The van der Waals surface area contributed by atoms with Crippen LogP contribution in [-0.2, 0) is 0 Å². The lowest BCUT2D eigenvalue weighted by Gasteiger charge is -2.03. The highest BCUT2D eigenvalue weighted by atomic mass is 16.3. The summed E-state index contributed by atoms with van der Waals surface area (Å²) in [7, 11) is 0. The second-order valence-corrected chi connectivity index (χ2v) is 4.10. The van der Waals surface area contributed by atoms with Gasteiger partial charge in [-0.15, -0.1) is 0 Å². The van der Waals surface area contributed by atoms with Gasteiger partial charge in [-0.2, -0.15) is 0 Å². The van der Waals surface area contributed by atoms with Crippen LogP contribution in [0.3, 0.4) is 0 Å². The molecule has 2 heterocycles. The summed E-state index contributed by atoms with van der Waals surface area (Å²) in [5.74, 6) is -0.261. The summed E-state index contributed by atoms with van der Waals surface area (Å²) in [6.07, 6.45) is 1.50. The van der Waals surface area contributed by atoms with Crippen LogP contribution in [0.25, 0.3) is 10.9 Å². The molecule has 0 unspecified atom stereocenters. The van der Waals surface area contributed by atoms with Crippen molar-refractivity contribution in [3.63, 3.8) is 0 Å². The molecular formula is C14H11N3O2. The number of rotatable bonds is 2. The fraction of sp³-hybridized carbons (Fsp3) is 0. The van der Waals surface area contributed by atoms with E-state index in [1.807, 2.05) is 24.3 Å². The first-order chi connectivity index (χ1) is 9.24. The predicted octanol–water partition coefficient (Wildman–Crippen LogP) is 2.52. The molecule has 94 valence electrons. The van der Waals surface area contributed by atoms with Crippen LogP contribution >= 0.6 is 0 Å². The minimum Gasteiger partial charge on any atom is -0.504 e. The van der Waals surface area contributed by atoms with E-state index in [9.17, 15) is 9.90 Å². The third kappa shape index (κ3) is 2.13. The third-order valence-corrected chi connectivity index (χ3v) is 2.79. The summed E-state index contributed by atoms with van der Waals surface area (Å²) in [4.78, 5) is 19.0. The Kier molecular flexibility index (Phi) is 2.64. The Morgan fingerprint density at radius 3 is 2.84 bits per heavy atom. The van der Waals surface area contributed by atoms with Crippen molar-refractivity contribution in [2.75, 3.05) is 5.32 Å². The van der Waals surface area contributed by atoms with Crippen LogP contribution in [0.1, 0.15) is 10.5 Å². The van der Waals surface area contributed by atoms with Crippen LogP contribution in [0, 0.1) is 0 Å². The number of hydrogen-bond acceptors (Lipinski definition) is 3. The average Bonchev–Trinajstić information content (AvgIpc) is 2.85.